The van der Waals surface area contributed by atoms with E-state index in [9.17, 15) is 4.79 Å². The summed E-state index contributed by atoms with van der Waals surface area (Å²) in [5.41, 5.74) is 5.65. The molecule has 1 unspecified atom stereocenters. The lowest BCUT2D eigenvalue weighted by molar-refractivity contribution is -0.131. The summed E-state index contributed by atoms with van der Waals surface area (Å²) in [6.45, 7) is 7.01. The average Bonchev–Trinajstić information content (AvgIpc) is 2.77. The van der Waals surface area contributed by atoms with Gasteiger partial charge in [-0.1, -0.05) is 33.6 Å². The highest BCUT2D eigenvalue weighted by Crippen LogP contribution is 2.41. The molecule has 3 nitrogen and oxygen atoms in total. The third-order valence-electron chi connectivity index (χ3n) is 4.09. The predicted molar refractivity (Wildman–Crippen MR) is 71.6 cm³/mol. The van der Waals surface area contributed by atoms with Crippen molar-refractivity contribution in [2.45, 2.75) is 65.3 Å². The summed E-state index contributed by atoms with van der Waals surface area (Å²) in [5, 5.41) is 3.17. The molecule has 0 aromatic carbocycles. The molecule has 3 N–H and O–H groups in total. The largest absolute Gasteiger partial charge is 0.352 e. The highest BCUT2D eigenvalue weighted by Gasteiger charge is 2.39. The Hall–Kier alpha value is -0.570. The second-order valence-electron chi connectivity index (χ2n) is 5.88. The normalized spacial score (nSPS) is 20.5. The zero-order chi connectivity index (χ0) is 12.9. The number of carbonyl (C=O) groups excluding carboxylic acids is 1. The van der Waals surface area contributed by atoms with Crippen LogP contribution in [0.25, 0.3) is 0 Å². The van der Waals surface area contributed by atoms with Crippen LogP contribution >= 0.6 is 0 Å². The van der Waals surface area contributed by atoms with E-state index >= 15 is 0 Å². The molecule has 100 valence electrons. The Morgan fingerprint density at radius 3 is 2.35 bits per heavy atom. The van der Waals surface area contributed by atoms with Gasteiger partial charge in [-0.3, -0.25) is 4.79 Å². The van der Waals surface area contributed by atoms with Crippen LogP contribution in [0, 0.1) is 11.3 Å². The predicted octanol–water partition coefficient (Wildman–Crippen LogP) is 2.45. The summed E-state index contributed by atoms with van der Waals surface area (Å²) in [5.74, 6) is 0.818. The van der Waals surface area contributed by atoms with Gasteiger partial charge in [0.25, 0.3) is 0 Å². The van der Waals surface area contributed by atoms with Crippen molar-refractivity contribution in [3.63, 3.8) is 0 Å². The molecule has 0 aliphatic heterocycles. The van der Waals surface area contributed by atoms with Crippen molar-refractivity contribution in [1.82, 2.24) is 5.32 Å². The second-order valence-corrected chi connectivity index (χ2v) is 5.88. The SMILES string of the molecule is CCC1(C(=O)NC(CN)CC(C)C)CCCC1. The van der Waals surface area contributed by atoms with Gasteiger partial charge in [-0.25, -0.2) is 0 Å². The van der Waals surface area contributed by atoms with Gasteiger partial charge in [-0.15, -0.1) is 0 Å². The van der Waals surface area contributed by atoms with Crippen molar-refractivity contribution >= 4 is 5.91 Å². The van der Waals surface area contributed by atoms with E-state index in [1.165, 1.54) is 12.8 Å². The summed E-state index contributed by atoms with van der Waals surface area (Å²) in [4.78, 5) is 12.4. The fourth-order valence-electron chi connectivity index (χ4n) is 2.91. The second kappa shape index (κ2) is 6.39. The van der Waals surface area contributed by atoms with E-state index in [2.05, 4.69) is 26.1 Å². The van der Waals surface area contributed by atoms with Gasteiger partial charge in [0, 0.05) is 18.0 Å². The molecule has 0 aromatic heterocycles. The molecule has 0 bridgehead atoms. The van der Waals surface area contributed by atoms with E-state index in [0.717, 1.165) is 25.7 Å². The van der Waals surface area contributed by atoms with Crippen molar-refractivity contribution in [1.29, 1.82) is 0 Å². The quantitative estimate of drug-likeness (QED) is 0.749. The van der Waals surface area contributed by atoms with Gasteiger partial charge in [-0.2, -0.15) is 0 Å². The molecule has 0 saturated heterocycles. The van der Waals surface area contributed by atoms with E-state index in [-0.39, 0.29) is 17.4 Å². The molecule has 1 aliphatic carbocycles. The summed E-state index contributed by atoms with van der Waals surface area (Å²) in [7, 11) is 0. The maximum absolute atomic E-state index is 12.4. The Morgan fingerprint density at radius 2 is 1.94 bits per heavy atom. The molecule has 0 aromatic rings. The lowest BCUT2D eigenvalue weighted by Gasteiger charge is -2.29. The first-order valence-corrected chi connectivity index (χ1v) is 7.05. The maximum atomic E-state index is 12.4. The minimum atomic E-state index is -0.0929. The van der Waals surface area contributed by atoms with Crippen molar-refractivity contribution in [2.24, 2.45) is 17.1 Å². The Kier molecular flexibility index (Phi) is 5.44. The molecular formula is C14H28N2O. The zero-order valence-corrected chi connectivity index (χ0v) is 11.6. The Balaban J connectivity index is 2.56. The highest BCUT2D eigenvalue weighted by atomic mass is 16.2. The van der Waals surface area contributed by atoms with Crippen LogP contribution in [0.3, 0.4) is 0 Å². The summed E-state index contributed by atoms with van der Waals surface area (Å²) < 4.78 is 0. The smallest absolute Gasteiger partial charge is 0.226 e. The molecule has 0 radical (unpaired) electrons. The maximum Gasteiger partial charge on any atom is 0.226 e. The number of hydrogen-bond donors (Lipinski definition) is 2. The third kappa shape index (κ3) is 3.70. The van der Waals surface area contributed by atoms with Crippen molar-refractivity contribution in [3.8, 4) is 0 Å². The van der Waals surface area contributed by atoms with Gasteiger partial charge in [0.05, 0.1) is 0 Å². The monoisotopic (exact) mass is 240 g/mol. The van der Waals surface area contributed by atoms with Crippen molar-refractivity contribution in [2.75, 3.05) is 6.54 Å². The van der Waals surface area contributed by atoms with Gasteiger partial charge in [-0.05, 0) is 31.6 Å². The molecule has 17 heavy (non-hydrogen) atoms. The van der Waals surface area contributed by atoms with Crippen LogP contribution in [0.4, 0.5) is 0 Å². The summed E-state index contributed by atoms with van der Waals surface area (Å²) >= 11 is 0. The molecule has 1 rings (SSSR count). The van der Waals surface area contributed by atoms with Crippen LogP contribution < -0.4 is 11.1 Å². The first kappa shape index (κ1) is 14.5. The van der Waals surface area contributed by atoms with E-state index in [0.29, 0.717) is 12.5 Å². The van der Waals surface area contributed by atoms with Crippen LogP contribution in [-0.2, 0) is 4.79 Å². The molecule has 1 aliphatic rings. The molecule has 1 amide bonds. The fraction of sp³-hybridized carbons (Fsp3) is 0.929. The minimum Gasteiger partial charge on any atom is -0.352 e. The Morgan fingerprint density at radius 1 is 1.35 bits per heavy atom. The van der Waals surface area contributed by atoms with Gasteiger partial charge in [0.15, 0.2) is 0 Å². The molecule has 0 spiro atoms. The van der Waals surface area contributed by atoms with Gasteiger partial charge < -0.3 is 11.1 Å². The standard InChI is InChI=1S/C14H28N2O/c1-4-14(7-5-6-8-14)13(17)16-12(10-15)9-11(2)3/h11-12H,4-10,15H2,1-3H3,(H,16,17). The average molecular weight is 240 g/mol. The topological polar surface area (TPSA) is 55.1 Å². The van der Waals surface area contributed by atoms with Crippen LogP contribution in [0.5, 0.6) is 0 Å². The number of nitrogens with one attached hydrogen (secondary N) is 1. The number of rotatable bonds is 6. The fourth-order valence-corrected chi connectivity index (χ4v) is 2.91. The zero-order valence-electron chi connectivity index (χ0n) is 11.6. The number of carbonyl (C=O) groups is 1. The highest BCUT2D eigenvalue weighted by molar-refractivity contribution is 5.83. The first-order valence-electron chi connectivity index (χ1n) is 7.05. The molecule has 1 saturated carbocycles. The number of hydrogen-bond acceptors (Lipinski definition) is 2. The lowest BCUT2D eigenvalue weighted by atomic mass is 9.82. The van der Waals surface area contributed by atoms with Crippen LogP contribution in [0.1, 0.15) is 59.3 Å². The van der Waals surface area contributed by atoms with Crippen molar-refractivity contribution < 1.29 is 4.79 Å². The van der Waals surface area contributed by atoms with Crippen LogP contribution in [0.2, 0.25) is 0 Å². The van der Waals surface area contributed by atoms with Crippen molar-refractivity contribution in [3.05, 3.63) is 0 Å². The number of nitrogens with two attached hydrogens (primary N) is 1. The Bertz CT molecular complexity index is 245. The van der Waals surface area contributed by atoms with Crippen LogP contribution in [0.15, 0.2) is 0 Å². The molecular weight excluding hydrogens is 212 g/mol. The molecule has 3 heteroatoms. The van der Waals surface area contributed by atoms with E-state index in [1.807, 2.05) is 0 Å². The Labute approximate surface area is 106 Å². The molecule has 1 fully saturated rings. The van der Waals surface area contributed by atoms with Gasteiger partial charge >= 0.3 is 0 Å². The number of amides is 1. The lowest BCUT2D eigenvalue weighted by Crippen LogP contribution is -2.47. The minimum absolute atomic E-state index is 0.0929. The van der Waals surface area contributed by atoms with E-state index in [1.54, 1.807) is 0 Å². The van der Waals surface area contributed by atoms with E-state index in [4.69, 9.17) is 5.73 Å². The molecule has 1 atom stereocenters. The third-order valence-corrected chi connectivity index (χ3v) is 4.09. The summed E-state index contributed by atoms with van der Waals surface area (Å²) in [6.07, 6.45) is 6.42. The first-order chi connectivity index (χ1) is 8.04. The molecule has 0 heterocycles. The summed E-state index contributed by atoms with van der Waals surface area (Å²) in [6, 6.07) is 0.145. The van der Waals surface area contributed by atoms with E-state index < -0.39 is 0 Å². The van der Waals surface area contributed by atoms with Gasteiger partial charge in [0.2, 0.25) is 5.91 Å². The van der Waals surface area contributed by atoms with Gasteiger partial charge in [0.1, 0.15) is 0 Å². The van der Waals surface area contributed by atoms with Crippen LogP contribution in [-0.4, -0.2) is 18.5 Å².